The molecule has 0 fully saturated rings. The zero-order valence-electron chi connectivity index (χ0n) is 17.7. The van der Waals surface area contributed by atoms with Crippen molar-refractivity contribution in [3.8, 4) is 0 Å². The molecule has 1 aliphatic carbocycles. The number of fused-ring (bicyclic) bond motifs is 2. The van der Waals surface area contributed by atoms with Crippen molar-refractivity contribution in [2.24, 2.45) is 0 Å². The SMILES string of the molecule is CCCCCCCCCCCCNc1c2c(nc3ccc(Cl)cc13)CCCC2. The van der Waals surface area contributed by atoms with E-state index in [-0.39, 0.29) is 0 Å². The first-order valence-electron chi connectivity index (χ1n) is 11.6. The highest BCUT2D eigenvalue weighted by atomic mass is 35.5. The van der Waals surface area contributed by atoms with E-state index >= 15 is 0 Å². The van der Waals surface area contributed by atoms with Gasteiger partial charge in [-0.05, 0) is 55.9 Å². The molecule has 1 aromatic carbocycles. The molecule has 1 aromatic heterocycles. The Morgan fingerprint density at radius 2 is 1.57 bits per heavy atom. The van der Waals surface area contributed by atoms with E-state index < -0.39 is 0 Å². The number of rotatable bonds is 12. The van der Waals surface area contributed by atoms with Gasteiger partial charge in [0.1, 0.15) is 0 Å². The lowest BCUT2D eigenvalue weighted by atomic mass is 9.92. The molecule has 154 valence electrons. The summed E-state index contributed by atoms with van der Waals surface area (Å²) in [7, 11) is 0. The number of benzene rings is 1. The van der Waals surface area contributed by atoms with Gasteiger partial charge >= 0.3 is 0 Å². The molecule has 0 saturated carbocycles. The number of aromatic nitrogens is 1. The number of anilines is 1. The Morgan fingerprint density at radius 3 is 2.32 bits per heavy atom. The Balaban J connectivity index is 1.47. The van der Waals surface area contributed by atoms with E-state index in [2.05, 4.69) is 24.4 Å². The van der Waals surface area contributed by atoms with Crippen LogP contribution in [-0.4, -0.2) is 11.5 Å². The number of nitrogens with one attached hydrogen (secondary N) is 1. The van der Waals surface area contributed by atoms with E-state index in [9.17, 15) is 0 Å². The molecule has 0 aliphatic heterocycles. The van der Waals surface area contributed by atoms with Crippen LogP contribution in [0.25, 0.3) is 10.9 Å². The smallest absolute Gasteiger partial charge is 0.0727 e. The molecule has 0 spiro atoms. The third kappa shape index (κ3) is 6.11. The van der Waals surface area contributed by atoms with Crippen LogP contribution in [0.4, 0.5) is 5.69 Å². The predicted molar refractivity (Wildman–Crippen MR) is 124 cm³/mol. The van der Waals surface area contributed by atoms with E-state index in [1.54, 1.807) is 0 Å². The van der Waals surface area contributed by atoms with Crippen LogP contribution >= 0.6 is 11.6 Å². The van der Waals surface area contributed by atoms with E-state index in [0.29, 0.717) is 0 Å². The average molecular weight is 401 g/mol. The van der Waals surface area contributed by atoms with Gasteiger partial charge in [0.05, 0.1) is 5.52 Å². The third-order valence-corrected chi connectivity index (χ3v) is 6.29. The number of aryl methyl sites for hydroxylation is 1. The maximum absolute atomic E-state index is 6.29. The number of hydrogen-bond donors (Lipinski definition) is 1. The summed E-state index contributed by atoms with van der Waals surface area (Å²) in [5.74, 6) is 0. The number of hydrogen-bond acceptors (Lipinski definition) is 2. The molecule has 0 radical (unpaired) electrons. The fraction of sp³-hybridized carbons (Fsp3) is 0.640. The highest BCUT2D eigenvalue weighted by molar-refractivity contribution is 6.31. The predicted octanol–water partition coefficient (Wildman–Crippen LogP) is 8.10. The highest BCUT2D eigenvalue weighted by Gasteiger charge is 2.18. The molecule has 0 bridgehead atoms. The Labute approximate surface area is 176 Å². The van der Waals surface area contributed by atoms with Crippen molar-refractivity contribution in [2.45, 2.75) is 96.8 Å². The molecule has 3 rings (SSSR count). The molecule has 0 saturated heterocycles. The second kappa shape index (κ2) is 11.7. The van der Waals surface area contributed by atoms with Crippen molar-refractivity contribution in [3.05, 3.63) is 34.5 Å². The first kappa shape index (κ1) is 21.4. The zero-order valence-corrected chi connectivity index (χ0v) is 18.4. The molecule has 1 N–H and O–H groups in total. The first-order valence-corrected chi connectivity index (χ1v) is 12.0. The Hall–Kier alpha value is -1.28. The van der Waals surface area contributed by atoms with Crippen LogP contribution in [-0.2, 0) is 12.8 Å². The largest absolute Gasteiger partial charge is 0.384 e. The normalized spacial score (nSPS) is 13.6. The van der Waals surface area contributed by atoms with Crippen LogP contribution in [0, 0.1) is 0 Å². The molecular formula is C25H37ClN2. The molecule has 1 heterocycles. The Bertz CT molecular complexity index is 741. The summed E-state index contributed by atoms with van der Waals surface area (Å²) < 4.78 is 0. The minimum Gasteiger partial charge on any atom is -0.384 e. The van der Waals surface area contributed by atoms with Gasteiger partial charge in [-0.2, -0.15) is 0 Å². The van der Waals surface area contributed by atoms with Crippen molar-refractivity contribution in [3.63, 3.8) is 0 Å². The van der Waals surface area contributed by atoms with Gasteiger partial charge in [-0.3, -0.25) is 4.98 Å². The minimum atomic E-state index is 0.798. The summed E-state index contributed by atoms with van der Waals surface area (Å²) in [5, 5.41) is 5.76. The van der Waals surface area contributed by atoms with Gasteiger partial charge in [0.25, 0.3) is 0 Å². The quantitative estimate of drug-likeness (QED) is 0.364. The summed E-state index contributed by atoms with van der Waals surface area (Å²) in [5.41, 5.74) is 5.12. The highest BCUT2D eigenvalue weighted by Crippen LogP contribution is 2.34. The van der Waals surface area contributed by atoms with E-state index in [1.165, 1.54) is 99.4 Å². The lowest BCUT2D eigenvalue weighted by Crippen LogP contribution is -2.12. The molecule has 1 aliphatic rings. The second-order valence-electron chi connectivity index (χ2n) is 8.39. The standard InChI is InChI=1S/C25H37ClN2/c1-2-3-4-5-6-7-8-9-10-13-18-27-25-21-14-11-12-15-23(21)28-24-17-16-20(26)19-22(24)25/h16-17,19H,2-15,18H2,1H3,(H,27,28). The summed E-state index contributed by atoms with van der Waals surface area (Å²) >= 11 is 6.29. The van der Waals surface area contributed by atoms with Crippen LogP contribution in [0.1, 0.15) is 95.2 Å². The van der Waals surface area contributed by atoms with Gasteiger partial charge in [-0.25, -0.2) is 0 Å². The maximum Gasteiger partial charge on any atom is 0.0727 e. The second-order valence-corrected chi connectivity index (χ2v) is 8.83. The fourth-order valence-corrected chi connectivity index (χ4v) is 4.60. The summed E-state index contributed by atoms with van der Waals surface area (Å²) in [6.07, 6.45) is 18.6. The van der Waals surface area contributed by atoms with Crippen molar-refractivity contribution in [1.82, 2.24) is 4.98 Å². The number of nitrogens with zero attached hydrogens (tertiary/aromatic N) is 1. The summed E-state index contributed by atoms with van der Waals surface area (Å²) in [6, 6.07) is 6.11. The van der Waals surface area contributed by atoms with Gasteiger partial charge in [-0.15, -0.1) is 0 Å². The molecule has 2 aromatic rings. The summed E-state index contributed by atoms with van der Waals surface area (Å²) in [4.78, 5) is 4.92. The maximum atomic E-state index is 6.29. The summed E-state index contributed by atoms with van der Waals surface area (Å²) in [6.45, 7) is 3.34. The van der Waals surface area contributed by atoms with Crippen molar-refractivity contribution >= 4 is 28.2 Å². The van der Waals surface area contributed by atoms with Crippen LogP contribution in [0.3, 0.4) is 0 Å². The zero-order chi connectivity index (χ0) is 19.6. The molecule has 0 unspecified atom stereocenters. The molecular weight excluding hydrogens is 364 g/mol. The lowest BCUT2D eigenvalue weighted by molar-refractivity contribution is 0.560. The van der Waals surface area contributed by atoms with Crippen LogP contribution in [0.15, 0.2) is 18.2 Å². The van der Waals surface area contributed by atoms with Gasteiger partial charge in [0.15, 0.2) is 0 Å². The molecule has 3 heteroatoms. The van der Waals surface area contributed by atoms with Crippen LogP contribution in [0.2, 0.25) is 5.02 Å². The van der Waals surface area contributed by atoms with Crippen molar-refractivity contribution in [1.29, 1.82) is 0 Å². The van der Waals surface area contributed by atoms with Gasteiger partial charge in [-0.1, -0.05) is 76.3 Å². The van der Waals surface area contributed by atoms with E-state index in [0.717, 1.165) is 29.9 Å². The fourth-order valence-electron chi connectivity index (χ4n) is 4.42. The minimum absolute atomic E-state index is 0.798. The monoisotopic (exact) mass is 400 g/mol. The number of pyridine rings is 1. The van der Waals surface area contributed by atoms with E-state index in [1.807, 2.05) is 6.07 Å². The van der Waals surface area contributed by atoms with Gasteiger partial charge < -0.3 is 5.32 Å². The number of unbranched alkanes of at least 4 members (excludes halogenated alkanes) is 9. The van der Waals surface area contributed by atoms with Gasteiger partial charge in [0, 0.05) is 28.3 Å². The number of halogens is 1. The van der Waals surface area contributed by atoms with E-state index in [4.69, 9.17) is 16.6 Å². The van der Waals surface area contributed by atoms with Crippen LogP contribution < -0.4 is 5.32 Å². The Morgan fingerprint density at radius 1 is 0.893 bits per heavy atom. The van der Waals surface area contributed by atoms with Crippen LogP contribution in [0.5, 0.6) is 0 Å². The third-order valence-electron chi connectivity index (χ3n) is 6.06. The molecule has 0 atom stereocenters. The average Bonchev–Trinajstić information content (AvgIpc) is 2.71. The lowest BCUT2D eigenvalue weighted by Gasteiger charge is -2.22. The first-order chi connectivity index (χ1) is 13.8. The molecule has 28 heavy (non-hydrogen) atoms. The Kier molecular flexibility index (Phi) is 8.92. The topological polar surface area (TPSA) is 24.9 Å². The molecule has 0 amide bonds. The molecule has 2 nitrogen and oxygen atoms in total. The van der Waals surface area contributed by atoms with Crippen molar-refractivity contribution < 1.29 is 0 Å². The van der Waals surface area contributed by atoms with Gasteiger partial charge in [0.2, 0.25) is 0 Å². The van der Waals surface area contributed by atoms with Crippen molar-refractivity contribution in [2.75, 3.05) is 11.9 Å².